The van der Waals surface area contributed by atoms with E-state index in [2.05, 4.69) is 31.9 Å². The van der Waals surface area contributed by atoms with Crippen LogP contribution < -0.4 is 31.9 Å². The number of nitrogens with one attached hydrogen (secondary N) is 6. The van der Waals surface area contributed by atoms with Gasteiger partial charge < -0.3 is 51.5 Å². The molecule has 2 aromatic rings. The Bertz CT molecular complexity index is 2420. The molecule has 5 fully saturated rings. The predicted molar refractivity (Wildman–Crippen MR) is 292 cm³/mol. The SMILES string of the molecule is CN[C@@H](C)C(=O)N[C@H]1CCS[C@H]2CC(C)(C)[C@@H](C(=O)N[C@@H]3c4ccccc4CC[C@H]3C(=O)N3CCN(C(=O)[C@@H]4CCc5ccccc5[C@H]4NC(=O)[C@H]4N5C(=O)[C@@H](NC(=O)[C@H](C)NC)CCS[C@H]5CC4(C)C)CC3)N2C1=O. The Balaban J connectivity index is 0.897. The second kappa shape index (κ2) is 22.7. The van der Waals surface area contributed by atoms with E-state index in [1.165, 1.54) is 0 Å². The molecule has 6 N–H and O–H groups in total. The van der Waals surface area contributed by atoms with Gasteiger partial charge in [-0.25, -0.2) is 0 Å². The summed E-state index contributed by atoms with van der Waals surface area (Å²) in [4.78, 5) is 122. The number of thioether (sulfide) groups is 2. The lowest BCUT2D eigenvalue weighted by Gasteiger charge is -2.43. The summed E-state index contributed by atoms with van der Waals surface area (Å²) in [6.07, 6.45) is 4.39. The smallest absolute Gasteiger partial charge is 0.246 e. The van der Waals surface area contributed by atoms with Crippen LogP contribution in [0.2, 0.25) is 0 Å². The first-order valence-electron chi connectivity index (χ1n) is 27.4. The van der Waals surface area contributed by atoms with Crippen molar-refractivity contribution in [2.75, 3.05) is 51.8 Å². The van der Waals surface area contributed by atoms with Crippen molar-refractivity contribution >= 4 is 70.8 Å². The van der Waals surface area contributed by atoms with Crippen LogP contribution in [0, 0.1) is 22.7 Å². The van der Waals surface area contributed by atoms with Gasteiger partial charge in [0.1, 0.15) is 24.2 Å². The molecular weight excluding hydrogens is 1000 g/mol. The second-order valence-corrected chi connectivity index (χ2v) is 25.9. The van der Waals surface area contributed by atoms with Crippen LogP contribution >= 0.6 is 23.5 Å². The Morgan fingerprint density at radius 1 is 0.553 bits per heavy atom. The number of likely N-dealkylation sites (N-methyl/N-ethyl adjacent to an activating group) is 2. The lowest BCUT2D eigenvalue weighted by molar-refractivity contribution is -0.148. The van der Waals surface area contributed by atoms with Gasteiger partial charge in [-0.05, 0) is 124 Å². The summed E-state index contributed by atoms with van der Waals surface area (Å²) in [5, 5.41) is 17.9. The van der Waals surface area contributed by atoms with Crippen LogP contribution in [0.1, 0.15) is 114 Å². The third-order valence-electron chi connectivity index (χ3n) is 17.5. The number of carbonyl (C=O) groups excluding carboxylic acids is 8. The highest BCUT2D eigenvalue weighted by Gasteiger charge is 2.57. The largest absolute Gasteiger partial charge is 0.347 e. The maximum atomic E-state index is 15.0. The summed E-state index contributed by atoms with van der Waals surface area (Å²) >= 11 is 3.27. The van der Waals surface area contributed by atoms with Gasteiger partial charge in [-0.3, -0.25) is 38.4 Å². The van der Waals surface area contributed by atoms with Crippen LogP contribution in [-0.2, 0) is 51.2 Å². The zero-order valence-corrected chi connectivity index (χ0v) is 47.0. The van der Waals surface area contributed by atoms with E-state index < -0.39 is 71.0 Å². The number of hydrogen-bond acceptors (Lipinski definition) is 12. The third-order valence-corrected chi connectivity index (χ3v) is 20.0. The molecule has 2 aromatic carbocycles. The minimum absolute atomic E-state index is 0.105. The van der Waals surface area contributed by atoms with Crippen LogP contribution in [0.4, 0.5) is 0 Å². The number of nitrogens with zero attached hydrogens (tertiary/aromatic N) is 4. The number of piperazine rings is 1. The Kier molecular flexibility index (Phi) is 16.6. The molecule has 0 unspecified atom stereocenters. The van der Waals surface area contributed by atoms with Gasteiger partial charge in [-0.1, -0.05) is 76.2 Å². The molecule has 12 atom stereocenters. The van der Waals surface area contributed by atoms with Crippen molar-refractivity contribution in [2.45, 2.75) is 152 Å². The molecule has 20 heteroatoms. The first kappa shape index (κ1) is 55.6. The molecule has 2 aliphatic carbocycles. The summed E-state index contributed by atoms with van der Waals surface area (Å²) in [6.45, 7) is 12.6. The summed E-state index contributed by atoms with van der Waals surface area (Å²) < 4.78 is 0. The monoisotopic (exact) mass is 1080 g/mol. The molecule has 5 aliphatic heterocycles. The van der Waals surface area contributed by atoms with Gasteiger partial charge in [0.15, 0.2) is 0 Å². The average Bonchev–Trinajstić information content (AvgIpc) is 3.73. The van der Waals surface area contributed by atoms with E-state index in [0.29, 0.717) is 62.9 Å². The highest BCUT2D eigenvalue weighted by molar-refractivity contribution is 8.00. The van der Waals surface area contributed by atoms with Gasteiger partial charge in [-0.2, -0.15) is 0 Å². The fraction of sp³-hybridized carbons (Fsp3) is 0.643. The van der Waals surface area contributed by atoms with Crippen molar-refractivity contribution in [2.24, 2.45) is 22.7 Å². The zero-order valence-electron chi connectivity index (χ0n) is 45.3. The number of amides is 8. The van der Waals surface area contributed by atoms with Crippen molar-refractivity contribution in [1.29, 1.82) is 0 Å². The highest BCUT2D eigenvalue weighted by atomic mass is 32.2. The van der Waals surface area contributed by atoms with Gasteiger partial charge in [0.25, 0.3) is 0 Å². The van der Waals surface area contributed by atoms with Gasteiger partial charge in [0, 0.05) is 26.2 Å². The lowest BCUT2D eigenvalue weighted by atomic mass is 9.77. The van der Waals surface area contributed by atoms with E-state index in [-0.39, 0.29) is 84.2 Å². The van der Waals surface area contributed by atoms with Gasteiger partial charge >= 0.3 is 0 Å². The van der Waals surface area contributed by atoms with Crippen LogP contribution in [0.5, 0.6) is 0 Å². The maximum absolute atomic E-state index is 15.0. The van der Waals surface area contributed by atoms with Crippen molar-refractivity contribution < 1.29 is 38.4 Å². The first-order chi connectivity index (χ1) is 36.2. The number of fused-ring (bicyclic) bond motifs is 4. The first-order valence-corrected chi connectivity index (χ1v) is 29.5. The number of benzene rings is 2. The van der Waals surface area contributed by atoms with E-state index in [4.69, 9.17) is 0 Å². The van der Waals surface area contributed by atoms with E-state index in [1.807, 2.05) is 86.0 Å². The second-order valence-electron chi connectivity index (χ2n) is 23.4. The minimum Gasteiger partial charge on any atom is -0.347 e. The van der Waals surface area contributed by atoms with Gasteiger partial charge in [0.05, 0.1) is 46.8 Å². The summed E-state index contributed by atoms with van der Waals surface area (Å²) in [5.74, 6) is -1.89. The van der Waals surface area contributed by atoms with E-state index >= 15 is 0 Å². The average molecular weight is 1080 g/mol. The molecule has 0 aromatic heterocycles. The Morgan fingerprint density at radius 3 is 1.29 bits per heavy atom. The Hall–Kier alpha value is -5.18. The van der Waals surface area contributed by atoms with E-state index in [9.17, 15) is 38.4 Å². The molecule has 412 valence electrons. The molecule has 0 bridgehead atoms. The summed E-state index contributed by atoms with van der Waals surface area (Å²) in [6, 6.07) is 10.2. The van der Waals surface area contributed by atoms with E-state index in [0.717, 1.165) is 22.3 Å². The molecule has 0 spiro atoms. The highest BCUT2D eigenvalue weighted by Crippen LogP contribution is 2.49. The normalized spacial score (nSPS) is 30.5. The number of aryl methyl sites for hydroxylation is 2. The van der Waals surface area contributed by atoms with Crippen LogP contribution in [0.15, 0.2) is 48.5 Å². The Morgan fingerprint density at radius 2 is 0.921 bits per heavy atom. The minimum atomic E-state index is -0.840. The number of rotatable bonds is 12. The molecule has 0 saturated carbocycles. The van der Waals surface area contributed by atoms with Crippen LogP contribution in [0.25, 0.3) is 0 Å². The molecule has 76 heavy (non-hydrogen) atoms. The van der Waals surface area contributed by atoms with Crippen molar-refractivity contribution in [3.8, 4) is 0 Å². The molecule has 5 heterocycles. The van der Waals surface area contributed by atoms with Crippen molar-refractivity contribution in [3.05, 3.63) is 70.8 Å². The third kappa shape index (κ3) is 10.8. The summed E-state index contributed by atoms with van der Waals surface area (Å²) in [5.41, 5.74) is 2.64. The lowest BCUT2D eigenvalue weighted by Crippen LogP contribution is -2.59. The predicted octanol–water partition coefficient (Wildman–Crippen LogP) is 2.86. The van der Waals surface area contributed by atoms with Crippen LogP contribution in [0.3, 0.4) is 0 Å². The van der Waals surface area contributed by atoms with Gasteiger partial charge in [0.2, 0.25) is 47.3 Å². The van der Waals surface area contributed by atoms with Crippen LogP contribution in [-0.4, -0.2) is 166 Å². The molecule has 7 aliphatic rings. The fourth-order valence-corrected chi connectivity index (χ4v) is 16.2. The standard InChI is InChI=1S/C56H78N10O8S2/c1-31(57-7)47(67)59-39-21-27-75-41-29-55(3,4)45(65(41)53(39)73)49(69)61-43-35-15-11-9-13-33(35)17-19-37(43)51(71)63-23-25-64(26-24-63)52(72)38-20-18-34-14-10-12-16-36(34)44(38)62-50(70)46-56(5,6)30-42-66(46)54(74)40(22-28-76-42)60-48(68)32(2)58-8/h9-16,31-32,37-46,57-58H,17-30H2,1-8H3,(H,59,67)(H,60,68)(H,61,69)(H,62,70)/t31-,32-,37+,38+,39-,40-,41-,42-,43+,44+,45+,46+/m0/s1. The molecule has 5 saturated heterocycles. The fourth-order valence-electron chi connectivity index (χ4n) is 13.0. The van der Waals surface area contributed by atoms with E-state index in [1.54, 1.807) is 61.3 Å². The Labute approximate surface area is 455 Å². The van der Waals surface area contributed by atoms with Gasteiger partial charge in [-0.15, -0.1) is 23.5 Å². The summed E-state index contributed by atoms with van der Waals surface area (Å²) in [7, 11) is 3.38. The zero-order chi connectivity index (χ0) is 54.4. The van der Waals surface area contributed by atoms with Crippen molar-refractivity contribution in [1.82, 2.24) is 51.5 Å². The number of hydrogen-bond donors (Lipinski definition) is 6. The molecular formula is C56H78N10O8S2. The molecule has 8 amide bonds. The maximum Gasteiger partial charge on any atom is 0.246 e. The number of carbonyl (C=O) groups is 8. The quantitative estimate of drug-likeness (QED) is 0.181. The topological polar surface area (TPSA) is 222 Å². The molecule has 18 nitrogen and oxygen atoms in total. The molecule has 9 rings (SSSR count). The van der Waals surface area contributed by atoms with Crippen molar-refractivity contribution in [3.63, 3.8) is 0 Å². The molecule has 0 radical (unpaired) electrons.